The molecular weight excluding hydrogens is 452 g/mol. The number of anilines is 1. The summed E-state index contributed by atoms with van der Waals surface area (Å²) in [6.45, 7) is 7.19. The van der Waals surface area contributed by atoms with Gasteiger partial charge in [-0.2, -0.15) is 0 Å². The van der Waals surface area contributed by atoms with Gasteiger partial charge in [-0.15, -0.1) is 11.3 Å². The van der Waals surface area contributed by atoms with Crippen LogP contribution in [-0.4, -0.2) is 17.5 Å². The van der Waals surface area contributed by atoms with E-state index in [4.69, 9.17) is 4.74 Å². The van der Waals surface area contributed by atoms with E-state index >= 15 is 0 Å². The SMILES string of the molecule is CCC(C)(C)c1ccc(OCCCC(=O)Nc2nc(-c3ccc(-c4ccccc4)cc3)cs2)cc1. The lowest BCUT2D eigenvalue weighted by atomic mass is 9.82. The summed E-state index contributed by atoms with van der Waals surface area (Å²) in [6, 6.07) is 26.9. The van der Waals surface area contributed by atoms with Crippen LogP contribution in [-0.2, 0) is 10.2 Å². The molecule has 0 aliphatic carbocycles. The molecule has 4 nitrogen and oxygen atoms in total. The molecule has 4 rings (SSSR count). The fraction of sp³-hybridized carbons (Fsp3) is 0.267. The molecule has 0 aliphatic rings. The van der Waals surface area contributed by atoms with E-state index in [1.165, 1.54) is 28.0 Å². The van der Waals surface area contributed by atoms with Crippen LogP contribution in [0.5, 0.6) is 5.75 Å². The molecule has 0 saturated heterocycles. The van der Waals surface area contributed by atoms with E-state index in [9.17, 15) is 4.79 Å². The van der Waals surface area contributed by atoms with Gasteiger partial charge in [0.25, 0.3) is 0 Å². The van der Waals surface area contributed by atoms with E-state index in [0.717, 1.165) is 23.4 Å². The van der Waals surface area contributed by atoms with E-state index in [1.54, 1.807) is 0 Å². The topological polar surface area (TPSA) is 51.2 Å². The minimum Gasteiger partial charge on any atom is -0.494 e. The van der Waals surface area contributed by atoms with Crippen LogP contribution in [0.1, 0.15) is 45.6 Å². The maximum absolute atomic E-state index is 12.4. The second-order valence-electron chi connectivity index (χ2n) is 9.24. The molecule has 5 heteroatoms. The van der Waals surface area contributed by atoms with E-state index in [1.807, 2.05) is 35.7 Å². The number of carbonyl (C=O) groups is 1. The van der Waals surface area contributed by atoms with E-state index in [-0.39, 0.29) is 11.3 Å². The van der Waals surface area contributed by atoms with Gasteiger partial charge in [0.05, 0.1) is 12.3 Å². The molecule has 1 heterocycles. The van der Waals surface area contributed by atoms with Crippen LogP contribution in [0.2, 0.25) is 0 Å². The first kappa shape index (κ1) is 24.7. The largest absolute Gasteiger partial charge is 0.494 e. The normalized spacial score (nSPS) is 11.3. The molecule has 35 heavy (non-hydrogen) atoms. The summed E-state index contributed by atoms with van der Waals surface area (Å²) < 4.78 is 5.82. The van der Waals surface area contributed by atoms with E-state index in [2.05, 4.69) is 79.6 Å². The van der Waals surface area contributed by atoms with Crippen molar-refractivity contribution < 1.29 is 9.53 Å². The van der Waals surface area contributed by atoms with Crippen molar-refractivity contribution in [1.29, 1.82) is 0 Å². The van der Waals surface area contributed by atoms with Crippen molar-refractivity contribution in [2.75, 3.05) is 11.9 Å². The molecule has 180 valence electrons. The molecule has 0 fully saturated rings. The number of hydrogen-bond donors (Lipinski definition) is 1. The molecule has 0 radical (unpaired) electrons. The highest BCUT2D eigenvalue weighted by Crippen LogP contribution is 2.29. The Morgan fingerprint density at radius 2 is 1.57 bits per heavy atom. The van der Waals surface area contributed by atoms with Crippen molar-refractivity contribution >= 4 is 22.4 Å². The molecule has 3 aromatic carbocycles. The Bertz CT molecular complexity index is 1230. The summed E-state index contributed by atoms with van der Waals surface area (Å²) >= 11 is 1.44. The monoisotopic (exact) mass is 484 g/mol. The van der Waals surface area contributed by atoms with Gasteiger partial charge >= 0.3 is 0 Å². The average Bonchev–Trinajstić information content (AvgIpc) is 3.36. The lowest BCUT2D eigenvalue weighted by Crippen LogP contribution is -2.15. The molecule has 0 atom stereocenters. The highest BCUT2D eigenvalue weighted by atomic mass is 32.1. The van der Waals surface area contributed by atoms with Gasteiger partial charge in [0.15, 0.2) is 5.13 Å². The first-order valence-electron chi connectivity index (χ1n) is 12.1. The molecule has 0 unspecified atom stereocenters. The zero-order valence-corrected chi connectivity index (χ0v) is 21.4. The number of benzene rings is 3. The average molecular weight is 485 g/mol. The lowest BCUT2D eigenvalue weighted by molar-refractivity contribution is -0.116. The molecule has 1 amide bonds. The van der Waals surface area contributed by atoms with Gasteiger partial charge in [0.1, 0.15) is 5.75 Å². The molecule has 1 N–H and O–H groups in total. The Balaban J connectivity index is 1.23. The second kappa shape index (κ2) is 11.3. The zero-order valence-electron chi connectivity index (χ0n) is 20.6. The minimum absolute atomic E-state index is 0.0473. The fourth-order valence-corrected chi connectivity index (χ4v) is 4.47. The summed E-state index contributed by atoms with van der Waals surface area (Å²) in [6.07, 6.45) is 2.12. The van der Waals surface area contributed by atoms with Crippen LogP contribution in [0.15, 0.2) is 84.2 Å². The fourth-order valence-electron chi connectivity index (χ4n) is 3.74. The molecule has 4 aromatic rings. The number of aromatic nitrogens is 1. The predicted octanol–water partition coefficient (Wildman–Crippen LogP) is 7.96. The highest BCUT2D eigenvalue weighted by molar-refractivity contribution is 7.14. The van der Waals surface area contributed by atoms with Gasteiger partial charge in [-0.3, -0.25) is 4.79 Å². The Kier molecular flexibility index (Phi) is 7.98. The standard InChI is InChI=1S/C30H32N2O2S/c1-4-30(2,3)25-16-18-26(19-17-25)34-20-8-11-28(33)32-29-31-27(21-35-29)24-14-12-23(13-15-24)22-9-6-5-7-10-22/h5-7,9-10,12-19,21H,4,8,11,20H2,1-3H3,(H,31,32,33). The summed E-state index contributed by atoms with van der Waals surface area (Å²) in [5.74, 6) is 0.790. The smallest absolute Gasteiger partial charge is 0.226 e. The van der Waals surface area contributed by atoms with Crippen molar-refractivity contribution in [3.63, 3.8) is 0 Å². The number of amides is 1. The highest BCUT2D eigenvalue weighted by Gasteiger charge is 2.17. The number of nitrogens with zero attached hydrogens (tertiary/aromatic N) is 1. The summed E-state index contributed by atoms with van der Waals surface area (Å²) in [4.78, 5) is 16.9. The van der Waals surface area contributed by atoms with Gasteiger partial charge in [-0.1, -0.05) is 87.5 Å². The van der Waals surface area contributed by atoms with Gasteiger partial charge in [0.2, 0.25) is 5.91 Å². The third-order valence-electron chi connectivity index (χ3n) is 6.37. The third-order valence-corrected chi connectivity index (χ3v) is 7.13. The molecule has 0 aliphatic heterocycles. The quantitative estimate of drug-likeness (QED) is 0.232. The van der Waals surface area contributed by atoms with Crippen molar-refractivity contribution in [1.82, 2.24) is 4.98 Å². The molecular formula is C30H32N2O2S. The minimum atomic E-state index is -0.0473. The van der Waals surface area contributed by atoms with E-state index in [0.29, 0.717) is 24.6 Å². The van der Waals surface area contributed by atoms with Gasteiger partial charge < -0.3 is 10.1 Å². The molecule has 1 aromatic heterocycles. The van der Waals surface area contributed by atoms with Crippen molar-refractivity contribution in [2.45, 2.75) is 45.4 Å². The summed E-state index contributed by atoms with van der Waals surface area (Å²) in [7, 11) is 0. The van der Waals surface area contributed by atoms with Crippen molar-refractivity contribution in [3.8, 4) is 28.1 Å². The first-order chi connectivity index (χ1) is 16.9. The van der Waals surface area contributed by atoms with Crippen molar-refractivity contribution in [2.24, 2.45) is 0 Å². The van der Waals surface area contributed by atoms with Crippen molar-refractivity contribution in [3.05, 3.63) is 89.8 Å². The van der Waals surface area contributed by atoms with Crippen LogP contribution in [0.25, 0.3) is 22.4 Å². The molecule has 0 spiro atoms. The Morgan fingerprint density at radius 3 is 2.26 bits per heavy atom. The predicted molar refractivity (Wildman–Crippen MR) is 146 cm³/mol. The van der Waals surface area contributed by atoms with Crippen LogP contribution in [0, 0.1) is 0 Å². The number of nitrogens with one attached hydrogen (secondary N) is 1. The zero-order chi connectivity index (χ0) is 24.7. The van der Waals surface area contributed by atoms with Gasteiger partial charge in [0, 0.05) is 17.4 Å². The van der Waals surface area contributed by atoms with Crippen LogP contribution in [0.4, 0.5) is 5.13 Å². The maximum atomic E-state index is 12.4. The molecule has 0 bridgehead atoms. The second-order valence-corrected chi connectivity index (χ2v) is 10.1. The van der Waals surface area contributed by atoms with E-state index < -0.39 is 0 Å². The van der Waals surface area contributed by atoms with Gasteiger partial charge in [-0.25, -0.2) is 4.98 Å². The number of thiazole rings is 1. The maximum Gasteiger partial charge on any atom is 0.226 e. The van der Waals surface area contributed by atoms with Crippen LogP contribution < -0.4 is 10.1 Å². The number of rotatable bonds is 10. The summed E-state index contributed by atoms with van der Waals surface area (Å²) in [5, 5.41) is 5.50. The van der Waals surface area contributed by atoms with Crippen LogP contribution in [0.3, 0.4) is 0 Å². The number of hydrogen-bond acceptors (Lipinski definition) is 4. The third kappa shape index (κ3) is 6.58. The number of ether oxygens (including phenoxy) is 1. The lowest BCUT2D eigenvalue weighted by Gasteiger charge is -2.23. The first-order valence-corrected chi connectivity index (χ1v) is 13.0. The number of carbonyl (C=O) groups excluding carboxylic acids is 1. The Morgan fingerprint density at radius 1 is 0.914 bits per heavy atom. The van der Waals surface area contributed by atoms with Gasteiger partial charge in [-0.05, 0) is 47.1 Å². The molecule has 0 saturated carbocycles. The Labute approximate surface area is 212 Å². The van der Waals surface area contributed by atoms with Crippen LogP contribution >= 0.6 is 11.3 Å². The Hall–Kier alpha value is -3.44. The summed E-state index contributed by atoms with van der Waals surface area (Å²) in [5.41, 5.74) is 5.72.